The van der Waals surface area contributed by atoms with Crippen LogP contribution in [0.15, 0.2) is 42.0 Å². The molecule has 1 heterocycles. The van der Waals surface area contributed by atoms with Gasteiger partial charge in [0.2, 0.25) is 5.75 Å². The number of barbiturate groups is 1. The molecule has 0 aliphatic carbocycles. The summed E-state index contributed by atoms with van der Waals surface area (Å²) in [7, 11) is 5.85. The van der Waals surface area contributed by atoms with Crippen LogP contribution in [-0.4, -0.2) is 46.3 Å². The molecule has 9 nitrogen and oxygen atoms in total. The lowest BCUT2D eigenvalue weighted by Crippen LogP contribution is -2.54. The Balaban J connectivity index is 2.06. The molecule has 30 heavy (non-hydrogen) atoms. The Morgan fingerprint density at radius 1 is 0.800 bits per heavy atom. The normalized spacial score (nSPS) is 15.1. The molecule has 0 saturated carbocycles. The summed E-state index contributed by atoms with van der Waals surface area (Å²) >= 11 is 0. The molecule has 0 bridgehead atoms. The highest BCUT2D eigenvalue weighted by molar-refractivity contribution is 6.39. The summed E-state index contributed by atoms with van der Waals surface area (Å²) in [5, 5.41) is 2.18. The molecule has 0 aromatic heterocycles. The van der Waals surface area contributed by atoms with Gasteiger partial charge in [0.15, 0.2) is 11.5 Å². The molecular formula is C21H20N2O7. The van der Waals surface area contributed by atoms with Crippen LogP contribution in [0, 0.1) is 0 Å². The number of carbonyl (C=O) groups excluding carboxylic acids is 3. The Morgan fingerprint density at radius 3 is 2.03 bits per heavy atom. The first-order valence-electron chi connectivity index (χ1n) is 8.79. The van der Waals surface area contributed by atoms with Crippen molar-refractivity contribution in [3.05, 3.63) is 47.5 Å². The van der Waals surface area contributed by atoms with Gasteiger partial charge in [-0.05, 0) is 42.5 Å². The Morgan fingerprint density at radius 2 is 1.47 bits per heavy atom. The maximum absolute atomic E-state index is 13.0. The number of amides is 4. The summed E-state index contributed by atoms with van der Waals surface area (Å²) in [5.74, 6) is -0.0206. The smallest absolute Gasteiger partial charge is 0.335 e. The van der Waals surface area contributed by atoms with Crippen molar-refractivity contribution in [1.29, 1.82) is 0 Å². The van der Waals surface area contributed by atoms with Gasteiger partial charge in [0.05, 0.1) is 34.1 Å². The SMILES string of the molecule is COc1ccc(N2C(=O)NC(=O)/C(=C\c3ccc(OC)c(OC)c3OC)C2=O)cc1. The first kappa shape index (κ1) is 20.7. The largest absolute Gasteiger partial charge is 0.497 e. The van der Waals surface area contributed by atoms with Crippen LogP contribution in [-0.2, 0) is 9.59 Å². The fourth-order valence-electron chi connectivity index (χ4n) is 3.02. The van der Waals surface area contributed by atoms with Crippen LogP contribution in [0.25, 0.3) is 6.08 Å². The predicted octanol–water partition coefficient (Wildman–Crippen LogP) is 2.39. The van der Waals surface area contributed by atoms with Crippen molar-refractivity contribution in [2.45, 2.75) is 0 Å². The van der Waals surface area contributed by atoms with Crippen LogP contribution in [0.5, 0.6) is 23.0 Å². The average molecular weight is 412 g/mol. The number of nitrogens with zero attached hydrogens (tertiary/aromatic N) is 1. The number of benzene rings is 2. The van der Waals surface area contributed by atoms with Gasteiger partial charge in [0, 0.05) is 5.56 Å². The van der Waals surface area contributed by atoms with E-state index in [1.165, 1.54) is 34.5 Å². The summed E-state index contributed by atoms with van der Waals surface area (Å²) in [6.45, 7) is 0. The van der Waals surface area contributed by atoms with Crippen LogP contribution in [0.1, 0.15) is 5.56 Å². The van der Waals surface area contributed by atoms with Crippen LogP contribution >= 0.6 is 0 Å². The van der Waals surface area contributed by atoms with E-state index in [1.807, 2.05) is 0 Å². The predicted molar refractivity (Wildman–Crippen MR) is 108 cm³/mol. The molecule has 156 valence electrons. The third kappa shape index (κ3) is 3.64. The second-order valence-corrected chi connectivity index (χ2v) is 6.08. The summed E-state index contributed by atoms with van der Waals surface area (Å²) in [5.41, 5.74) is 0.449. The molecule has 1 saturated heterocycles. The number of hydrogen-bond acceptors (Lipinski definition) is 7. The number of imide groups is 2. The minimum atomic E-state index is -0.841. The van der Waals surface area contributed by atoms with E-state index >= 15 is 0 Å². The number of methoxy groups -OCH3 is 4. The summed E-state index contributed by atoms with van der Waals surface area (Å²) in [4.78, 5) is 38.6. The lowest BCUT2D eigenvalue weighted by Gasteiger charge is -2.26. The molecule has 9 heteroatoms. The first-order chi connectivity index (χ1) is 14.4. The molecule has 2 aromatic rings. The van der Waals surface area contributed by atoms with Gasteiger partial charge in [-0.1, -0.05) is 0 Å². The highest BCUT2D eigenvalue weighted by Crippen LogP contribution is 2.40. The zero-order chi connectivity index (χ0) is 21.8. The highest BCUT2D eigenvalue weighted by Gasteiger charge is 2.37. The van der Waals surface area contributed by atoms with Gasteiger partial charge < -0.3 is 18.9 Å². The zero-order valence-corrected chi connectivity index (χ0v) is 16.8. The van der Waals surface area contributed by atoms with E-state index in [4.69, 9.17) is 18.9 Å². The van der Waals surface area contributed by atoms with Crippen LogP contribution in [0.3, 0.4) is 0 Å². The Labute approximate surface area is 172 Å². The van der Waals surface area contributed by atoms with Gasteiger partial charge >= 0.3 is 6.03 Å². The fourth-order valence-corrected chi connectivity index (χ4v) is 3.02. The van der Waals surface area contributed by atoms with Crippen molar-refractivity contribution in [2.24, 2.45) is 0 Å². The molecule has 4 amide bonds. The van der Waals surface area contributed by atoms with Crippen molar-refractivity contribution < 1.29 is 33.3 Å². The van der Waals surface area contributed by atoms with Gasteiger partial charge in [-0.25, -0.2) is 9.69 Å². The second kappa shape index (κ2) is 8.56. The van der Waals surface area contributed by atoms with Crippen molar-refractivity contribution in [2.75, 3.05) is 33.3 Å². The maximum atomic E-state index is 13.0. The standard InChI is InChI=1S/C21H20N2O7/c1-27-14-8-6-13(7-9-14)23-20(25)15(19(24)22-21(23)26)11-12-5-10-16(28-2)18(30-4)17(12)29-3/h5-11H,1-4H3,(H,22,24,26)/b15-11+. The van der Waals surface area contributed by atoms with Crippen molar-refractivity contribution in [3.63, 3.8) is 0 Å². The molecule has 0 radical (unpaired) electrons. The molecule has 1 fully saturated rings. The van der Waals surface area contributed by atoms with E-state index in [-0.39, 0.29) is 17.0 Å². The second-order valence-electron chi connectivity index (χ2n) is 6.08. The molecule has 2 aromatic carbocycles. The lowest BCUT2D eigenvalue weighted by atomic mass is 10.0. The number of nitrogens with one attached hydrogen (secondary N) is 1. The molecule has 0 unspecified atom stereocenters. The Hall–Kier alpha value is -4.01. The van der Waals surface area contributed by atoms with Gasteiger partial charge in [0.1, 0.15) is 11.3 Å². The summed E-state index contributed by atoms with van der Waals surface area (Å²) in [6.07, 6.45) is 1.33. The van der Waals surface area contributed by atoms with Crippen molar-refractivity contribution in [1.82, 2.24) is 5.32 Å². The number of urea groups is 1. The van der Waals surface area contributed by atoms with Gasteiger partial charge in [-0.15, -0.1) is 0 Å². The molecule has 1 aliphatic rings. The molecule has 3 rings (SSSR count). The van der Waals surface area contributed by atoms with E-state index in [1.54, 1.807) is 36.4 Å². The maximum Gasteiger partial charge on any atom is 0.335 e. The average Bonchev–Trinajstić information content (AvgIpc) is 2.76. The van der Waals surface area contributed by atoms with E-state index in [0.717, 1.165) is 4.90 Å². The number of anilines is 1. The number of ether oxygens (including phenoxy) is 4. The molecular weight excluding hydrogens is 392 g/mol. The first-order valence-corrected chi connectivity index (χ1v) is 8.79. The van der Waals surface area contributed by atoms with Crippen molar-refractivity contribution >= 4 is 29.6 Å². The lowest BCUT2D eigenvalue weighted by molar-refractivity contribution is -0.122. The number of hydrogen-bond donors (Lipinski definition) is 1. The monoisotopic (exact) mass is 412 g/mol. The summed E-state index contributed by atoms with van der Waals surface area (Å²) < 4.78 is 21.0. The minimum Gasteiger partial charge on any atom is -0.497 e. The third-order valence-corrected chi connectivity index (χ3v) is 4.47. The minimum absolute atomic E-state index is 0.240. The molecule has 0 spiro atoms. The van der Waals surface area contributed by atoms with Gasteiger partial charge in [-0.2, -0.15) is 0 Å². The van der Waals surface area contributed by atoms with Gasteiger partial charge in [0.25, 0.3) is 11.8 Å². The highest BCUT2D eigenvalue weighted by atomic mass is 16.5. The topological polar surface area (TPSA) is 103 Å². The number of rotatable bonds is 6. The van der Waals surface area contributed by atoms with E-state index in [2.05, 4.69) is 5.32 Å². The van der Waals surface area contributed by atoms with Crippen LogP contribution in [0.4, 0.5) is 10.5 Å². The molecule has 0 atom stereocenters. The molecule has 1 aliphatic heterocycles. The van der Waals surface area contributed by atoms with Gasteiger partial charge in [-0.3, -0.25) is 14.9 Å². The van der Waals surface area contributed by atoms with E-state index in [9.17, 15) is 14.4 Å². The van der Waals surface area contributed by atoms with Crippen LogP contribution in [0.2, 0.25) is 0 Å². The fraction of sp³-hybridized carbons (Fsp3) is 0.190. The quantitative estimate of drug-likeness (QED) is 0.574. The Kier molecular flexibility index (Phi) is 5.91. The van der Waals surface area contributed by atoms with Crippen LogP contribution < -0.4 is 29.2 Å². The number of carbonyl (C=O) groups is 3. The Bertz CT molecular complexity index is 1030. The third-order valence-electron chi connectivity index (χ3n) is 4.47. The van der Waals surface area contributed by atoms with Crippen molar-refractivity contribution in [3.8, 4) is 23.0 Å². The van der Waals surface area contributed by atoms with E-state index in [0.29, 0.717) is 22.8 Å². The van der Waals surface area contributed by atoms with E-state index < -0.39 is 17.8 Å². The zero-order valence-electron chi connectivity index (χ0n) is 16.8. The summed E-state index contributed by atoms with van der Waals surface area (Å²) in [6, 6.07) is 8.68. The molecule has 1 N–H and O–H groups in total.